The lowest BCUT2D eigenvalue weighted by atomic mass is 10.1. The second-order valence-corrected chi connectivity index (χ2v) is 6.36. The van der Waals surface area contributed by atoms with Crippen LogP contribution in [0.25, 0.3) is 11.0 Å². The Morgan fingerprint density at radius 1 is 1.09 bits per heavy atom. The van der Waals surface area contributed by atoms with Gasteiger partial charge in [-0.1, -0.05) is 25.1 Å². The predicted molar refractivity (Wildman–Crippen MR) is 95.8 cm³/mol. The first-order valence-electron chi connectivity index (χ1n) is 8.65. The zero-order valence-electron chi connectivity index (χ0n) is 13.7. The van der Waals surface area contributed by atoms with Crippen LogP contribution in [0, 0.1) is 0 Å². The van der Waals surface area contributed by atoms with Crippen LogP contribution in [0.1, 0.15) is 36.7 Å². The van der Waals surface area contributed by atoms with Gasteiger partial charge in [0.15, 0.2) is 0 Å². The molecule has 1 N–H and O–H groups in total. The van der Waals surface area contributed by atoms with Crippen LogP contribution in [0.3, 0.4) is 0 Å². The van der Waals surface area contributed by atoms with Crippen LogP contribution in [0.5, 0.6) is 0 Å². The summed E-state index contributed by atoms with van der Waals surface area (Å²) in [5, 5.41) is 3.57. The Labute approximate surface area is 137 Å². The van der Waals surface area contributed by atoms with Gasteiger partial charge in [0.2, 0.25) is 0 Å². The summed E-state index contributed by atoms with van der Waals surface area (Å²) < 4.78 is 2.34. The maximum Gasteiger partial charge on any atom is 0.129 e. The van der Waals surface area contributed by atoms with Gasteiger partial charge in [-0.05, 0) is 61.1 Å². The summed E-state index contributed by atoms with van der Waals surface area (Å²) in [5.74, 6) is 1.12. The third-order valence-corrected chi connectivity index (χ3v) is 4.73. The van der Waals surface area contributed by atoms with Gasteiger partial charge in [0.1, 0.15) is 5.82 Å². The first kappa shape index (κ1) is 14.3. The lowest BCUT2D eigenvalue weighted by Crippen LogP contribution is -2.09. The van der Waals surface area contributed by atoms with Crippen molar-refractivity contribution in [3.05, 3.63) is 59.4 Å². The van der Waals surface area contributed by atoms with Crippen LogP contribution in [0.15, 0.2) is 42.5 Å². The molecule has 1 aliphatic carbocycles. The smallest absolute Gasteiger partial charge is 0.129 e. The van der Waals surface area contributed by atoms with E-state index in [4.69, 9.17) is 4.98 Å². The van der Waals surface area contributed by atoms with Crippen molar-refractivity contribution >= 4 is 16.7 Å². The number of fused-ring (bicyclic) bond motifs is 2. The molecule has 0 atom stereocenters. The van der Waals surface area contributed by atoms with Crippen molar-refractivity contribution in [2.24, 2.45) is 0 Å². The van der Waals surface area contributed by atoms with Gasteiger partial charge in [0, 0.05) is 12.2 Å². The van der Waals surface area contributed by atoms with E-state index in [1.54, 1.807) is 0 Å². The Hall–Kier alpha value is -2.29. The molecule has 0 radical (unpaired) electrons. The molecule has 23 heavy (non-hydrogen) atoms. The standard InChI is InChI=1S/C20H23N3/c1-2-12-23-19-9-4-3-8-18(19)22-20(23)14-21-17-11-10-15-6-5-7-16(15)13-17/h3-4,8-11,13,21H,2,5-7,12,14H2,1H3. The Bertz CT molecular complexity index is 832. The molecule has 1 heterocycles. The van der Waals surface area contributed by atoms with Crippen molar-refractivity contribution in [2.75, 3.05) is 5.32 Å². The highest BCUT2D eigenvalue weighted by atomic mass is 15.1. The number of para-hydroxylation sites is 2. The molecule has 3 nitrogen and oxygen atoms in total. The average Bonchev–Trinajstić information content (AvgIpc) is 3.17. The van der Waals surface area contributed by atoms with Crippen molar-refractivity contribution in [2.45, 2.75) is 45.7 Å². The Morgan fingerprint density at radius 2 is 1.96 bits per heavy atom. The van der Waals surface area contributed by atoms with Gasteiger partial charge in [-0.25, -0.2) is 4.98 Å². The molecule has 4 rings (SSSR count). The number of nitrogens with zero attached hydrogens (tertiary/aromatic N) is 2. The molecule has 2 aromatic carbocycles. The number of benzene rings is 2. The zero-order chi connectivity index (χ0) is 15.6. The summed E-state index contributed by atoms with van der Waals surface area (Å²) in [6.07, 6.45) is 4.87. The van der Waals surface area contributed by atoms with Crippen LogP contribution in [0.4, 0.5) is 5.69 Å². The third-order valence-electron chi connectivity index (χ3n) is 4.73. The van der Waals surface area contributed by atoms with Gasteiger partial charge in [-0.2, -0.15) is 0 Å². The van der Waals surface area contributed by atoms with Crippen molar-refractivity contribution in [1.29, 1.82) is 0 Å². The van der Waals surface area contributed by atoms with Gasteiger partial charge < -0.3 is 9.88 Å². The normalized spacial score (nSPS) is 13.4. The van der Waals surface area contributed by atoms with Crippen LogP contribution in [-0.2, 0) is 25.9 Å². The maximum atomic E-state index is 4.82. The molecule has 1 aliphatic rings. The van der Waals surface area contributed by atoms with E-state index in [0.717, 1.165) is 30.9 Å². The minimum atomic E-state index is 0.771. The van der Waals surface area contributed by atoms with Gasteiger partial charge in [-0.15, -0.1) is 0 Å². The molecule has 0 amide bonds. The van der Waals surface area contributed by atoms with E-state index in [1.807, 2.05) is 0 Å². The summed E-state index contributed by atoms with van der Waals surface area (Å²) >= 11 is 0. The van der Waals surface area contributed by atoms with E-state index in [0.29, 0.717) is 0 Å². The van der Waals surface area contributed by atoms with Crippen molar-refractivity contribution in [3.8, 4) is 0 Å². The lowest BCUT2D eigenvalue weighted by molar-refractivity contribution is 0.661. The summed E-state index contributed by atoms with van der Waals surface area (Å²) in [5.41, 5.74) is 6.57. The molecular formula is C20H23N3. The predicted octanol–water partition coefficient (Wildman–Crippen LogP) is 4.55. The molecule has 0 spiro atoms. The summed E-state index contributed by atoms with van der Waals surface area (Å²) in [6.45, 7) is 4.00. The number of aromatic nitrogens is 2. The van der Waals surface area contributed by atoms with Crippen LogP contribution in [0.2, 0.25) is 0 Å². The number of anilines is 1. The van der Waals surface area contributed by atoms with Gasteiger partial charge in [0.05, 0.1) is 17.6 Å². The fourth-order valence-corrected chi connectivity index (χ4v) is 3.60. The summed E-state index contributed by atoms with van der Waals surface area (Å²) in [7, 11) is 0. The number of rotatable bonds is 5. The number of nitrogens with one attached hydrogen (secondary N) is 1. The van der Waals surface area contributed by atoms with Crippen LogP contribution in [-0.4, -0.2) is 9.55 Å². The fourth-order valence-electron chi connectivity index (χ4n) is 3.60. The summed E-state index contributed by atoms with van der Waals surface area (Å²) in [6, 6.07) is 15.2. The van der Waals surface area contributed by atoms with Crippen LogP contribution >= 0.6 is 0 Å². The Kier molecular flexibility index (Phi) is 3.78. The molecule has 0 saturated heterocycles. The van der Waals surface area contributed by atoms with E-state index < -0.39 is 0 Å². The highest BCUT2D eigenvalue weighted by Crippen LogP contribution is 2.25. The number of aryl methyl sites for hydroxylation is 3. The van der Waals surface area contributed by atoms with Crippen LogP contribution < -0.4 is 5.32 Å². The van der Waals surface area contributed by atoms with Gasteiger partial charge in [0.25, 0.3) is 0 Å². The van der Waals surface area contributed by atoms with Crippen molar-refractivity contribution in [3.63, 3.8) is 0 Å². The number of hydrogen-bond donors (Lipinski definition) is 1. The van der Waals surface area contributed by atoms with Gasteiger partial charge >= 0.3 is 0 Å². The second kappa shape index (κ2) is 6.07. The number of hydrogen-bond acceptors (Lipinski definition) is 2. The highest BCUT2D eigenvalue weighted by Gasteiger charge is 2.12. The molecular weight excluding hydrogens is 282 g/mol. The Morgan fingerprint density at radius 3 is 2.87 bits per heavy atom. The monoisotopic (exact) mass is 305 g/mol. The van der Waals surface area contributed by atoms with E-state index in [1.165, 1.54) is 41.6 Å². The van der Waals surface area contributed by atoms with Crippen molar-refractivity contribution in [1.82, 2.24) is 9.55 Å². The summed E-state index contributed by atoms with van der Waals surface area (Å²) in [4.78, 5) is 4.82. The molecule has 1 aromatic heterocycles. The third kappa shape index (κ3) is 2.72. The molecule has 0 aliphatic heterocycles. The zero-order valence-corrected chi connectivity index (χ0v) is 13.7. The molecule has 3 heteroatoms. The molecule has 3 aromatic rings. The van der Waals surface area contributed by atoms with Crippen molar-refractivity contribution < 1.29 is 0 Å². The molecule has 118 valence electrons. The molecule has 0 saturated carbocycles. The Balaban J connectivity index is 1.59. The number of imidazole rings is 1. The molecule has 0 unspecified atom stereocenters. The van der Waals surface area contributed by atoms with E-state index >= 15 is 0 Å². The largest absolute Gasteiger partial charge is 0.378 e. The lowest BCUT2D eigenvalue weighted by Gasteiger charge is -2.11. The van der Waals surface area contributed by atoms with E-state index in [-0.39, 0.29) is 0 Å². The van der Waals surface area contributed by atoms with E-state index in [2.05, 4.69) is 59.3 Å². The second-order valence-electron chi connectivity index (χ2n) is 6.36. The average molecular weight is 305 g/mol. The molecule has 0 fully saturated rings. The minimum absolute atomic E-state index is 0.771. The highest BCUT2D eigenvalue weighted by molar-refractivity contribution is 5.76. The first-order chi connectivity index (χ1) is 11.3. The quantitative estimate of drug-likeness (QED) is 0.749. The SMILES string of the molecule is CCCn1c(CNc2ccc3c(c2)CCC3)nc2ccccc21. The maximum absolute atomic E-state index is 4.82. The minimum Gasteiger partial charge on any atom is -0.378 e. The topological polar surface area (TPSA) is 29.9 Å². The van der Waals surface area contributed by atoms with Gasteiger partial charge in [-0.3, -0.25) is 0 Å². The molecule has 0 bridgehead atoms. The van der Waals surface area contributed by atoms with E-state index in [9.17, 15) is 0 Å². The fraction of sp³-hybridized carbons (Fsp3) is 0.350. The first-order valence-corrected chi connectivity index (χ1v) is 8.65.